The predicted octanol–water partition coefficient (Wildman–Crippen LogP) is 4.01. The molecule has 100 valence electrons. The molecular weight excluding hydrogens is 239 g/mol. The van der Waals surface area contributed by atoms with E-state index in [0.29, 0.717) is 17.3 Å². The average molecular weight is 258 g/mol. The fourth-order valence-corrected chi connectivity index (χ4v) is 2.05. The van der Waals surface area contributed by atoms with Crippen molar-refractivity contribution in [3.63, 3.8) is 0 Å². The molecule has 0 radical (unpaired) electrons. The van der Waals surface area contributed by atoms with Crippen LogP contribution in [0.5, 0.6) is 0 Å². The lowest BCUT2D eigenvalue weighted by Gasteiger charge is -2.14. The Bertz CT molecular complexity index is 526. The molecule has 1 unspecified atom stereocenters. The SMILES string of the molecule is CC(CCNc1cc(F)ccc1N)c1ccccc1. The molecule has 0 aliphatic heterocycles. The molecule has 3 N–H and O–H groups in total. The third-order valence-electron chi connectivity index (χ3n) is 3.28. The van der Waals surface area contributed by atoms with Crippen molar-refractivity contribution in [2.45, 2.75) is 19.3 Å². The maximum atomic E-state index is 13.1. The van der Waals surface area contributed by atoms with Crippen molar-refractivity contribution >= 4 is 11.4 Å². The predicted molar refractivity (Wildman–Crippen MR) is 78.8 cm³/mol. The van der Waals surface area contributed by atoms with E-state index in [1.165, 1.54) is 17.7 Å². The first-order valence-corrected chi connectivity index (χ1v) is 6.50. The molecule has 2 aromatic rings. The van der Waals surface area contributed by atoms with E-state index in [1.807, 2.05) is 18.2 Å². The van der Waals surface area contributed by atoms with Gasteiger partial charge in [0.15, 0.2) is 0 Å². The number of nitrogen functional groups attached to an aromatic ring is 1. The molecule has 3 heteroatoms. The summed E-state index contributed by atoms with van der Waals surface area (Å²) in [5, 5.41) is 3.19. The molecule has 0 amide bonds. The minimum atomic E-state index is -0.271. The number of nitrogens with two attached hydrogens (primary N) is 1. The first-order valence-electron chi connectivity index (χ1n) is 6.50. The van der Waals surface area contributed by atoms with Gasteiger partial charge in [-0.25, -0.2) is 4.39 Å². The standard InChI is InChI=1S/C16H19FN2/c1-12(13-5-3-2-4-6-13)9-10-19-16-11-14(17)7-8-15(16)18/h2-8,11-12,19H,9-10,18H2,1H3. The topological polar surface area (TPSA) is 38.0 Å². The molecule has 2 rings (SSSR count). The van der Waals surface area contributed by atoms with E-state index in [0.717, 1.165) is 13.0 Å². The van der Waals surface area contributed by atoms with Gasteiger partial charge in [0.1, 0.15) is 5.82 Å². The van der Waals surface area contributed by atoms with Crippen molar-refractivity contribution in [2.75, 3.05) is 17.6 Å². The summed E-state index contributed by atoms with van der Waals surface area (Å²) in [6.07, 6.45) is 0.972. The summed E-state index contributed by atoms with van der Waals surface area (Å²) in [5.74, 6) is 0.191. The van der Waals surface area contributed by atoms with E-state index in [4.69, 9.17) is 5.73 Å². The third-order valence-corrected chi connectivity index (χ3v) is 3.28. The van der Waals surface area contributed by atoms with Gasteiger partial charge in [-0.2, -0.15) is 0 Å². The van der Waals surface area contributed by atoms with Crippen LogP contribution in [0.25, 0.3) is 0 Å². The van der Waals surface area contributed by atoms with Crippen LogP contribution in [0.15, 0.2) is 48.5 Å². The smallest absolute Gasteiger partial charge is 0.125 e. The van der Waals surface area contributed by atoms with E-state index in [9.17, 15) is 4.39 Å². The number of hydrogen-bond donors (Lipinski definition) is 2. The van der Waals surface area contributed by atoms with Crippen LogP contribution in [0.1, 0.15) is 24.8 Å². The van der Waals surface area contributed by atoms with Gasteiger partial charge >= 0.3 is 0 Å². The van der Waals surface area contributed by atoms with Crippen molar-refractivity contribution in [1.29, 1.82) is 0 Å². The lowest BCUT2D eigenvalue weighted by Crippen LogP contribution is -2.07. The summed E-state index contributed by atoms with van der Waals surface area (Å²) in [6.45, 7) is 2.95. The van der Waals surface area contributed by atoms with Crippen LogP contribution >= 0.6 is 0 Å². The molecule has 0 saturated heterocycles. The van der Waals surface area contributed by atoms with Gasteiger partial charge in [-0.15, -0.1) is 0 Å². The molecule has 1 atom stereocenters. The van der Waals surface area contributed by atoms with Crippen molar-refractivity contribution < 1.29 is 4.39 Å². The first kappa shape index (κ1) is 13.4. The van der Waals surface area contributed by atoms with Gasteiger partial charge in [-0.05, 0) is 36.1 Å². The van der Waals surface area contributed by atoms with E-state index >= 15 is 0 Å². The van der Waals surface area contributed by atoms with Crippen molar-refractivity contribution in [3.8, 4) is 0 Å². The lowest BCUT2D eigenvalue weighted by molar-refractivity contribution is 0.628. The van der Waals surface area contributed by atoms with Crippen LogP contribution in [-0.4, -0.2) is 6.54 Å². The number of halogens is 1. The molecule has 0 aromatic heterocycles. The third kappa shape index (κ3) is 3.71. The maximum absolute atomic E-state index is 13.1. The van der Waals surface area contributed by atoms with Gasteiger partial charge in [0.05, 0.1) is 11.4 Å². The number of anilines is 2. The molecule has 19 heavy (non-hydrogen) atoms. The second-order valence-electron chi connectivity index (χ2n) is 4.76. The number of hydrogen-bond acceptors (Lipinski definition) is 2. The van der Waals surface area contributed by atoms with Crippen LogP contribution in [0.4, 0.5) is 15.8 Å². The molecule has 2 aromatic carbocycles. The second-order valence-corrected chi connectivity index (χ2v) is 4.76. The molecule has 0 bridgehead atoms. The number of benzene rings is 2. The number of rotatable bonds is 5. The molecule has 2 nitrogen and oxygen atoms in total. The summed E-state index contributed by atoms with van der Waals surface area (Å²) >= 11 is 0. The molecular formula is C16H19FN2. The first-order chi connectivity index (χ1) is 9.16. The van der Waals surface area contributed by atoms with E-state index in [2.05, 4.69) is 24.4 Å². The molecule has 0 aliphatic rings. The Morgan fingerprint density at radius 3 is 2.63 bits per heavy atom. The summed E-state index contributed by atoms with van der Waals surface area (Å²) in [5.41, 5.74) is 8.35. The summed E-state index contributed by atoms with van der Waals surface area (Å²) < 4.78 is 13.1. The quantitative estimate of drug-likeness (QED) is 0.795. The highest BCUT2D eigenvalue weighted by Crippen LogP contribution is 2.21. The monoisotopic (exact) mass is 258 g/mol. The molecule has 0 aliphatic carbocycles. The largest absolute Gasteiger partial charge is 0.397 e. The zero-order valence-corrected chi connectivity index (χ0v) is 11.1. The molecule has 0 saturated carbocycles. The van der Waals surface area contributed by atoms with Crippen LogP contribution in [-0.2, 0) is 0 Å². The number of nitrogens with one attached hydrogen (secondary N) is 1. The van der Waals surface area contributed by atoms with Crippen LogP contribution in [0.3, 0.4) is 0 Å². The lowest BCUT2D eigenvalue weighted by atomic mass is 9.98. The van der Waals surface area contributed by atoms with Crippen molar-refractivity contribution in [1.82, 2.24) is 0 Å². The van der Waals surface area contributed by atoms with Gasteiger partial charge in [0, 0.05) is 6.54 Å². The fourth-order valence-electron chi connectivity index (χ4n) is 2.05. The van der Waals surface area contributed by atoms with Crippen molar-refractivity contribution in [3.05, 3.63) is 59.9 Å². The maximum Gasteiger partial charge on any atom is 0.125 e. The summed E-state index contributed by atoms with van der Waals surface area (Å²) in [6, 6.07) is 14.7. The van der Waals surface area contributed by atoms with E-state index in [-0.39, 0.29) is 5.82 Å². The Kier molecular flexibility index (Phi) is 4.39. The Hall–Kier alpha value is -2.03. The van der Waals surface area contributed by atoms with Crippen LogP contribution in [0, 0.1) is 5.82 Å². The highest BCUT2D eigenvalue weighted by atomic mass is 19.1. The zero-order chi connectivity index (χ0) is 13.7. The van der Waals surface area contributed by atoms with Gasteiger partial charge in [-0.1, -0.05) is 37.3 Å². The minimum absolute atomic E-state index is 0.271. The average Bonchev–Trinajstić information content (AvgIpc) is 2.43. The van der Waals surface area contributed by atoms with E-state index < -0.39 is 0 Å². The second kappa shape index (κ2) is 6.23. The van der Waals surface area contributed by atoms with Gasteiger partial charge in [-0.3, -0.25) is 0 Å². The fraction of sp³-hybridized carbons (Fsp3) is 0.250. The van der Waals surface area contributed by atoms with Crippen LogP contribution in [0.2, 0.25) is 0 Å². The summed E-state index contributed by atoms with van der Waals surface area (Å²) in [4.78, 5) is 0. The zero-order valence-electron chi connectivity index (χ0n) is 11.1. The highest BCUT2D eigenvalue weighted by Gasteiger charge is 2.05. The minimum Gasteiger partial charge on any atom is -0.397 e. The van der Waals surface area contributed by atoms with Gasteiger partial charge in [0.2, 0.25) is 0 Å². The van der Waals surface area contributed by atoms with Gasteiger partial charge < -0.3 is 11.1 Å². The van der Waals surface area contributed by atoms with E-state index in [1.54, 1.807) is 6.07 Å². The molecule has 0 heterocycles. The Morgan fingerprint density at radius 1 is 1.16 bits per heavy atom. The Labute approximate surface area is 113 Å². The summed E-state index contributed by atoms with van der Waals surface area (Å²) in [7, 11) is 0. The Morgan fingerprint density at radius 2 is 1.89 bits per heavy atom. The highest BCUT2D eigenvalue weighted by molar-refractivity contribution is 5.65. The van der Waals surface area contributed by atoms with Gasteiger partial charge in [0.25, 0.3) is 0 Å². The van der Waals surface area contributed by atoms with Crippen molar-refractivity contribution in [2.24, 2.45) is 0 Å². The Balaban J connectivity index is 1.88. The molecule has 0 fully saturated rings. The molecule has 0 spiro atoms. The van der Waals surface area contributed by atoms with Crippen LogP contribution < -0.4 is 11.1 Å². The normalized spacial score (nSPS) is 12.1.